The molecule has 3 nitrogen and oxygen atoms in total. The molecule has 0 aliphatic heterocycles. The topological polar surface area (TPSA) is 43.8 Å². The molecule has 4 heteroatoms. The molecule has 0 saturated heterocycles. The van der Waals surface area contributed by atoms with Crippen molar-refractivity contribution in [1.29, 1.82) is 0 Å². The van der Waals surface area contributed by atoms with Gasteiger partial charge in [0, 0.05) is 11.8 Å². The second-order valence-corrected chi connectivity index (χ2v) is 5.10. The van der Waals surface area contributed by atoms with Gasteiger partial charge in [-0.1, -0.05) is 42.0 Å². The monoisotopic (exact) mass is 281 g/mol. The van der Waals surface area contributed by atoms with Gasteiger partial charge in [0.2, 0.25) is 0 Å². The van der Waals surface area contributed by atoms with E-state index in [1.54, 1.807) is 29.1 Å². The Morgan fingerprint density at radius 3 is 2.52 bits per heavy atom. The van der Waals surface area contributed by atoms with Crippen LogP contribution in [0.4, 0.5) is 10.1 Å². The Labute approximate surface area is 122 Å². The number of aryl methyl sites for hydroxylation is 1. The van der Waals surface area contributed by atoms with Crippen LogP contribution in [0.3, 0.4) is 0 Å². The molecule has 0 unspecified atom stereocenters. The van der Waals surface area contributed by atoms with Crippen LogP contribution < -0.4 is 5.73 Å². The van der Waals surface area contributed by atoms with E-state index in [9.17, 15) is 4.39 Å². The van der Waals surface area contributed by atoms with Crippen molar-refractivity contribution in [3.8, 4) is 11.3 Å². The molecule has 3 rings (SSSR count). The minimum atomic E-state index is -0.315. The van der Waals surface area contributed by atoms with Crippen LogP contribution in [0, 0.1) is 12.7 Å². The Bertz CT molecular complexity index is 760. The molecule has 21 heavy (non-hydrogen) atoms. The van der Waals surface area contributed by atoms with Gasteiger partial charge in [-0.3, -0.25) is 4.68 Å². The normalized spacial score (nSPS) is 10.8. The van der Waals surface area contributed by atoms with Crippen molar-refractivity contribution < 1.29 is 4.39 Å². The first-order valence-corrected chi connectivity index (χ1v) is 6.77. The minimum absolute atomic E-state index is 0.315. The van der Waals surface area contributed by atoms with Crippen molar-refractivity contribution >= 4 is 5.69 Å². The highest BCUT2D eigenvalue weighted by atomic mass is 19.1. The highest BCUT2D eigenvalue weighted by Gasteiger charge is 2.12. The van der Waals surface area contributed by atoms with Gasteiger partial charge in [0.15, 0.2) is 0 Å². The number of nitrogen functional groups attached to an aromatic ring is 1. The zero-order chi connectivity index (χ0) is 14.8. The number of benzene rings is 2. The number of aromatic nitrogens is 2. The van der Waals surface area contributed by atoms with E-state index < -0.39 is 0 Å². The summed E-state index contributed by atoms with van der Waals surface area (Å²) in [4.78, 5) is 0. The lowest BCUT2D eigenvalue weighted by Crippen LogP contribution is -2.00. The second kappa shape index (κ2) is 5.40. The number of hydrogen-bond acceptors (Lipinski definition) is 2. The quantitative estimate of drug-likeness (QED) is 0.796. The minimum Gasteiger partial charge on any atom is -0.396 e. The summed E-state index contributed by atoms with van der Waals surface area (Å²) >= 11 is 0. The molecule has 0 amide bonds. The van der Waals surface area contributed by atoms with Crippen LogP contribution in [0.2, 0.25) is 0 Å². The number of anilines is 1. The molecule has 0 bridgehead atoms. The average Bonchev–Trinajstić information content (AvgIpc) is 2.83. The summed E-state index contributed by atoms with van der Waals surface area (Å²) in [5.41, 5.74) is 9.71. The van der Waals surface area contributed by atoms with Crippen LogP contribution in [0.1, 0.15) is 11.1 Å². The molecular formula is C17H16FN3. The molecule has 1 heterocycles. The summed E-state index contributed by atoms with van der Waals surface area (Å²) in [5, 5.41) is 4.41. The first-order chi connectivity index (χ1) is 10.1. The highest BCUT2D eigenvalue weighted by Crippen LogP contribution is 2.26. The fraction of sp³-hybridized carbons (Fsp3) is 0.118. The molecule has 0 spiro atoms. The molecule has 0 fully saturated rings. The van der Waals surface area contributed by atoms with Gasteiger partial charge in [0.1, 0.15) is 11.5 Å². The van der Waals surface area contributed by atoms with E-state index >= 15 is 0 Å². The summed E-state index contributed by atoms with van der Waals surface area (Å²) in [6, 6.07) is 14.7. The molecule has 106 valence electrons. The van der Waals surface area contributed by atoms with E-state index in [4.69, 9.17) is 5.73 Å². The smallest absolute Gasteiger partial charge is 0.132 e. The summed E-state index contributed by atoms with van der Waals surface area (Å²) in [6.45, 7) is 2.66. The molecule has 3 aromatic rings. The van der Waals surface area contributed by atoms with Gasteiger partial charge in [0.25, 0.3) is 0 Å². The van der Waals surface area contributed by atoms with E-state index in [1.165, 1.54) is 11.6 Å². The first kappa shape index (κ1) is 13.4. The fourth-order valence-electron chi connectivity index (χ4n) is 2.26. The van der Waals surface area contributed by atoms with Crippen molar-refractivity contribution in [1.82, 2.24) is 9.78 Å². The third kappa shape index (κ3) is 2.79. The van der Waals surface area contributed by atoms with Crippen LogP contribution in [0.25, 0.3) is 11.3 Å². The molecule has 0 radical (unpaired) electrons. The largest absolute Gasteiger partial charge is 0.396 e. The molecule has 2 aromatic carbocycles. The maximum atomic E-state index is 13.8. The van der Waals surface area contributed by atoms with Crippen LogP contribution in [-0.2, 0) is 6.54 Å². The third-order valence-corrected chi connectivity index (χ3v) is 3.38. The predicted octanol–water partition coefficient (Wildman–Crippen LogP) is 3.63. The fourth-order valence-corrected chi connectivity index (χ4v) is 2.26. The lowest BCUT2D eigenvalue weighted by molar-refractivity contribution is 0.628. The van der Waals surface area contributed by atoms with Crippen LogP contribution in [-0.4, -0.2) is 9.78 Å². The zero-order valence-electron chi connectivity index (χ0n) is 11.8. The molecule has 0 aliphatic rings. The number of nitrogens with two attached hydrogens (primary N) is 1. The second-order valence-electron chi connectivity index (χ2n) is 5.10. The predicted molar refractivity (Wildman–Crippen MR) is 82.3 cm³/mol. The number of halogens is 1. The molecule has 0 atom stereocenters. The Morgan fingerprint density at radius 2 is 1.81 bits per heavy atom. The van der Waals surface area contributed by atoms with Crippen molar-refractivity contribution in [2.75, 3.05) is 5.73 Å². The van der Waals surface area contributed by atoms with Gasteiger partial charge in [0.05, 0.1) is 12.2 Å². The summed E-state index contributed by atoms with van der Waals surface area (Å²) in [5.74, 6) is -0.315. The molecular weight excluding hydrogens is 265 g/mol. The van der Waals surface area contributed by atoms with Crippen LogP contribution in [0.15, 0.2) is 54.7 Å². The summed E-state index contributed by atoms with van der Waals surface area (Å²) in [6.07, 6.45) is 1.74. The van der Waals surface area contributed by atoms with E-state index in [1.807, 2.05) is 6.92 Å². The average molecular weight is 281 g/mol. The number of nitrogens with zero attached hydrogens (tertiary/aromatic N) is 2. The maximum Gasteiger partial charge on any atom is 0.132 e. The number of hydrogen-bond donors (Lipinski definition) is 1. The maximum absolute atomic E-state index is 13.8. The Morgan fingerprint density at radius 1 is 1.10 bits per heavy atom. The van der Waals surface area contributed by atoms with Crippen LogP contribution >= 0.6 is 0 Å². The zero-order valence-corrected chi connectivity index (χ0v) is 11.8. The Hall–Kier alpha value is -2.62. The van der Waals surface area contributed by atoms with Gasteiger partial charge in [-0.25, -0.2) is 4.39 Å². The Kier molecular flexibility index (Phi) is 3.44. The van der Waals surface area contributed by atoms with E-state index in [0.717, 1.165) is 5.56 Å². The lowest BCUT2D eigenvalue weighted by Gasteiger charge is -2.03. The van der Waals surface area contributed by atoms with Crippen LogP contribution in [0.5, 0.6) is 0 Å². The molecule has 0 aliphatic carbocycles. The van der Waals surface area contributed by atoms with Gasteiger partial charge < -0.3 is 5.73 Å². The van der Waals surface area contributed by atoms with Gasteiger partial charge in [-0.15, -0.1) is 0 Å². The van der Waals surface area contributed by atoms with Gasteiger partial charge in [-0.2, -0.15) is 5.10 Å². The highest BCUT2D eigenvalue weighted by molar-refractivity contribution is 5.72. The molecule has 2 N–H and O–H groups in total. The molecule has 0 saturated carbocycles. The van der Waals surface area contributed by atoms with Gasteiger partial charge >= 0.3 is 0 Å². The van der Waals surface area contributed by atoms with Crippen molar-refractivity contribution in [3.63, 3.8) is 0 Å². The SMILES string of the molecule is Cc1ccc(Cn2cc(N)c(-c3ccccc3F)n2)cc1. The number of rotatable bonds is 3. The lowest BCUT2D eigenvalue weighted by atomic mass is 10.1. The van der Waals surface area contributed by atoms with E-state index in [0.29, 0.717) is 23.5 Å². The summed E-state index contributed by atoms with van der Waals surface area (Å²) < 4.78 is 15.6. The first-order valence-electron chi connectivity index (χ1n) is 6.77. The van der Waals surface area contributed by atoms with Gasteiger partial charge in [-0.05, 0) is 24.6 Å². The third-order valence-electron chi connectivity index (χ3n) is 3.38. The van der Waals surface area contributed by atoms with E-state index in [2.05, 4.69) is 29.4 Å². The van der Waals surface area contributed by atoms with Crippen molar-refractivity contribution in [2.45, 2.75) is 13.5 Å². The molecule has 1 aromatic heterocycles. The van der Waals surface area contributed by atoms with Crippen molar-refractivity contribution in [2.24, 2.45) is 0 Å². The van der Waals surface area contributed by atoms with E-state index in [-0.39, 0.29) is 5.82 Å². The Balaban J connectivity index is 1.91. The standard InChI is InChI=1S/C17H16FN3/c1-12-6-8-13(9-7-12)10-21-11-16(19)17(20-21)14-4-2-3-5-15(14)18/h2-9,11H,10,19H2,1H3. The van der Waals surface area contributed by atoms with Crippen molar-refractivity contribution in [3.05, 3.63) is 71.7 Å². The summed E-state index contributed by atoms with van der Waals surface area (Å²) in [7, 11) is 0.